The van der Waals surface area contributed by atoms with E-state index in [9.17, 15) is 9.59 Å². The quantitative estimate of drug-likeness (QED) is 0.239. The van der Waals surface area contributed by atoms with Crippen molar-refractivity contribution in [3.8, 4) is 11.5 Å². The van der Waals surface area contributed by atoms with Gasteiger partial charge in [-0.1, -0.05) is 72.3 Å². The van der Waals surface area contributed by atoms with Gasteiger partial charge in [-0.3, -0.25) is 4.79 Å². The van der Waals surface area contributed by atoms with Crippen LogP contribution in [0.4, 0.5) is 0 Å². The van der Waals surface area contributed by atoms with Gasteiger partial charge in [-0.25, -0.2) is 4.79 Å². The molecule has 1 aliphatic carbocycles. The van der Waals surface area contributed by atoms with Crippen LogP contribution in [0.25, 0.3) is 16.5 Å². The number of benzene rings is 4. The van der Waals surface area contributed by atoms with Crippen LogP contribution < -0.4 is 14.8 Å². The number of carbonyl (C=O) groups is 2. The normalized spacial score (nSPS) is 15.9. The fraction of sp³-hybridized carbons (Fsp3) is 0.176. The van der Waals surface area contributed by atoms with Crippen LogP contribution in [0.2, 0.25) is 5.02 Å². The summed E-state index contributed by atoms with van der Waals surface area (Å²) in [6, 6.07) is 25.2. The third-order valence-corrected chi connectivity index (χ3v) is 7.81. The van der Waals surface area contributed by atoms with E-state index in [1.54, 1.807) is 25.1 Å². The topological polar surface area (TPSA) is 73.9 Å². The minimum atomic E-state index is -0.717. The standard InChI is InChI=1S/C34H28ClNO5/c1-4-40-34(38)28-19(2)36-31-24-11-7-8-12-25(24)32(37)30(31)29(28)23-16-26(35)33(27(17-23)39-3)41-18-20-13-14-21-9-5-6-10-22(21)15-20/h5-17,29,36H,4,18H2,1-3H3/t29-/m1/s1. The molecular formula is C34H28ClNO5. The van der Waals surface area contributed by atoms with Gasteiger partial charge in [-0.15, -0.1) is 0 Å². The highest BCUT2D eigenvalue weighted by Gasteiger charge is 2.43. The number of ketones is 1. The molecule has 0 bridgehead atoms. The number of halogens is 1. The molecule has 0 saturated heterocycles. The molecule has 6 rings (SSSR count). The summed E-state index contributed by atoms with van der Waals surface area (Å²) >= 11 is 6.83. The second-order valence-corrected chi connectivity index (χ2v) is 10.4. The summed E-state index contributed by atoms with van der Waals surface area (Å²) in [6.45, 7) is 4.05. The van der Waals surface area contributed by atoms with E-state index in [4.69, 9.17) is 25.8 Å². The lowest BCUT2D eigenvalue weighted by Gasteiger charge is -2.29. The molecule has 1 N–H and O–H groups in total. The molecule has 2 aliphatic rings. The Morgan fingerprint density at radius 1 is 0.951 bits per heavy atom. The van der Waals surface area contributed by atoms with Crippen LogP contribution in [-0.2, 0) is 16.1 Å². The number of carbonyl (C=O) groups excluding carboxylic acids is 2. The maximum atomic E-state index is 13.7. The van der Waals surface area contributed by atoms with Crippen molar-refractivity contribution < 1.29 is 23.8 Å². The Morgan fingerprint density at radius 2 is 1.68 bits per heavy atom. The van der Waals surface area contributed by atoms with Gasteiger partial charge in [0.25, 0.3) is 0 Å². The van der Waals surface area contributed by atoms with Gasteiger partial charge in [0.05, 0.1) is 30.0 Å². The number of fused-ring (bicyclic) bond motifs is 3. The van der Waals surface area contributed by atoms with Crippen LogP contribution in [0.5, 0.6) is 11.5 Å². The van der Waals surface area contributed by atoms with Crippen molar-refractivity contribution in [2.75, 3.05) is 13.7 Å². The predicted molar refractivity (Wildman–Crippen MR) is 159 cm³/mol. The molecule has 0 spiro atoms. The molecule has 0 amide bonds. The summed E-state index contributed by atoms with van der Waals surface area (Å²) in [5, 5.41) is 5.89. The van der Waals surface area contributed by atoms with Crippen LogP contribution in [0.3, 0.4) is 0 Å². The molecule has 0 fully saturated rings. The lowest BCUT2D eigenvalue weighted by atomic mass is 9.79. The average Bonchev–Trinajstić information content (AvgIpc) is 3.26. The molecule has 0 saturated carbocycles. The summed E-state index contributed by atoms with van der Waals surface area (Å²) < 4.78 is 17.3. The van der Waals surface area contributed by atoms with Crippen molar-refractivity contribution in [1.82, 2.24) is 5.32 Å². The molecular weight excluding hydrogens is 538 g/mol. The Hall–Kier alpha value is -4.55. The summed E-state index contributed by atoms with van der Waals surface area (Å²) in [6.07, 6.45) is 0. The van der Waals surface area contributed by atoms with Gasteiger partial charge >= 0.3 is 5.97 Å². The van der Waals surface area contributed by atoms with E-state index < -0.39 is 11.9 Å². The van der Waals surface area contributed by atoms with Crippen molar-refractivity contribution in [2.24, 2.45) is 0 Å². The number of hydrogen-bond donors (Lipinski definition) is 1. The van der Waals surface area contributed by atoms with Gasteiger partial charge in [-0.2, -0.15) is 0 Å². The van der Waals surface area contributed by atoms with E-state index in [1.165, 1.54) is 7.11 Å². The number of dihydropyridines is 1. The van der Waals surface area contributed by atoms with Crippen LogP contribution in [0.15, 0.2) is 95.7 Å². The Kier molecular flexibility index (Phi) is 7.01. The fourth-order valence-electron chi connectivity index (χ4n) is 5.67. The Bertz CT molecular complexity index is 1790. The first-order valence-corrected chi connectivity index (χ1v) is 13.8. The maximum absolute atomic E-state index is 13.7. The zero-order chi connectivity index (χ0) is 28.7. The molecule has 0 radical (unpaired) electrons. The van der Waals surface area contributed by atoms with Crippen LogP contribution in [-0.4, -0.2) is 25.5 Å². The van der Waals surface area contributed by atoms with E-state index in [-0.39, 0.29) is 19.0 Å². The minimum absolute atomic E-state index is 0.144. The number of rotatable bonds is 7. The zero-order valence-electron chi connectivity index (χ0n) is 22.9. The molecule has 1 heterocycles. The third-order valence-electron chi connectivity index (χ3n) is 7.53. The van der Waals surface area contributed by atoms with Gasteiger partial charge < -0.3 is 19.5 Å². The summed E-state index contributed by atoms with van der Waals surface area (Å²) in [5.41, 5.74) is 5.13. The van der Waals surface area contributed by atoms with Crippen LogP contribution in [0, 0.1) is 0 Å². The SMILES string of the molecule is CCOC(=O)C1=C(C)NC2=C(C(=O)c3ccccc32)[C@@H]1c1cc(Cl)c(OCc2ccc3ccccc3c2)c(OC)c1. The largest absolute Gasteiger partial charge is 0.493 e. The highest BCUT2D eigenvalue weighted by molar-refractivity contribution is 6.32. The Morgan fingerprint density at radius 3 is 2.44 bits per heavy atom. The second-order valence-electron chi connectivity index (χ2n) is 9.98. The molecule has 1 atom stereocenters. The van der Waals surface area contributed by atoms with Crippen LogP contribution in [0.1, 0.15) is 46.8 Å². The lowest BCUT2D eigenvalue weighted by Crippen LogP contribution is -2.29. The maximum Gasteiger partial charge on any atom is 0.336 e. The van der Waals surface area contributed by atoms with Gasteiger partial charge in [0.2, 0.25) is 0 Å². The number of Topliss-reactive ketones (excluding diaryl/α,β-unsaturated/α-hetero) is 1. The molecule has 6 nitrogen and oxygen atoms in total. The molecule has 7 heteroatoms. The number of hydrogen-bond acceptors (Lipinski definition) is 6. The zero-order valence-corrected chi connectivity index (χ0v) is 23.7. The molecule has 0 unspecified atom stereocenters. The highest BCUT2D eigenvalue weighted by Crippen LogP contribution is 2.49. The monoisotopic (exact) mass is 565 g/mol. The van der Waals surface area contributed by atoms with Gasteiger partial charge in [-0.05, 0) is 53.9 Å². The first-order chi connectivity index (χ1) is 19.9. The van der Waals surface area contributed by atoms with E-state index in [0.29, 0.717) is 50.2 Å². The van der Waals surface area contributed by atoms with Crippen molar-refractivity contribution in [1.29, 1.82) is 0 Å². The van der Waals surface area contributed by atoms with E-state index >= 15 is 0 Å². The van der Waals surface area contributed by atoms with Gasteiger partial charge in [0.15, 0.2) is 17.3 Å². The Balaban J connectivity index is 1.41. The van der Waals surface area contributed by atoms with E-state index in [0.717, 1.165) is 21.9 Å². The number of allylic oxidation sites excluding steroid dienone is 2. The van der Waals surface area contributed by atoms with Crippen molar-refractivity contribution in [3.05, 3.63) is 123 Å². The number of methoxy groups -OCH3 is 1. The number of ether oxygens (including phenoxy) is 3. The van der Waals surface area contributed by atoms with Gasteiger partial charge in [0.1, 0.15) is 6.61 Å². The van der Waals surface area contributed by atoms with Gasteiger partial charge in [0, 0.05) is 28.3 Å². The van der Waals surface area contributed by atoms with Crippen LogP contribution >= 0.6 is 11.6 Å². The molecule has 1 aliphatic heterocycles. The summed E-state index contributed by atoms with van der Waals surface area (Å²) in [4.78, 5) is 27.0. The van der Waals surface area contributed by atoms with Crippen molar-refractivity contribution in [3.63, 3.8) is 0 Å². The molecule has 206 valence electrons. The number of nitrogens with one attached hydrogen (secondary N) is 1. The second kappa shape index (κ2) is 10.8. The average molecular weight is 566 g/mol. The molecule has 4 aromatic carbocycles. The fourth-order valence-corrected chi connectivity index (χ4v) is 5.95. The lowest BCUT2D eigenvalue weighted by molar-refractivity contribution is -0.138. The molecule has 4 aromatic rings. The first-order valence-electron chi connectivity index (χ1n) is 13.4. The van der Waals surface area contributed by atoms with Crippen molar-refractivity contribution >= 4 is 39.8 Å². The molecule has 0 aromatic heterocycles. The first kappa shape index (κ1) is 26.7. The minimum Gasteiger partial charge on any atom is -0.493 e. The highest BCUT2D eigenvalue weighted by atomic mass is 35.5. The van der Waals surface area contributed by atoms with E-state index in [1.807, 2.05) is 43.3 Å². The smallest absolute Gasteiger partial charge is 0.336 e. The van der Waals surface area contributed by atoms with E-state index in [2.05, 4.69) is 29.6 Å². The predicted octanol–water partition coefficient (Wildman–Crippen LogP) is 7.21. The summed E-state index contributed by atoms with van der Waals surface area (Å²) in [5.74, 6) is -0.573. The summed E-state index contributed by atoms with van der Waals surface area (Å²) in [7, 11) is 1.54. The molecule has 41 heavy (non-hydrogen) atoms. The number of esters is 1. The Labute approximate surface area is 243 Å². The van der Waals surface area contributed by atoms with Crippen molar-refractivity contribution in [2.45, 2.75) is 26.4 Å². The third kappa shape index (κ3) is 4.64.